The van der Waals surface area contributed by atoms with Crippen LogP contribution in [0.5, 0.6) is 17.2 Å². The quantitative estimate of drug-likeness (QED) is 0.844. The largest absolute Gasteiger partial charge is 0.497 e. The molecule has 2 aromatic rings. The van der Waals surface area contributed by atoms with Crippen LogP contribution < -0.4 is 19.6 Å². The van der Waals surface area contributed by atoms with Crippen molar-refractivity contribution in [3.05, 3.63) is 53.6 Å². The Morgan fingerprint density at radius 2 is 1.77 bits per heavy atom. The first kappa shape index (κ1) is 18.1. The summed E-state index contributed by atoms with van der Waals surface area (Å²) in [7, 11) is 4.91. The molecule has 3 rings (SSSR count). The third-order valence-electron chi connectivity index (χ3n) is 3.91. The maximum Gasteiger partial charge on any atom is 0.177 e. The van der Waals surface area contributed by atoms with Crippen LogP contribution >= 0.6 is 11.8 Å². The van der Waals surface area contributed by atoms with Crippen molar-refractivity contribution in [1.82, 2.24) is 5.43 Å². The number of ether oxygens (including phenoxy) is 3. The molecule has 26 heavy (non-hydrogen) atoms. The summed E-state index contributed by atoms with van der Waals surface area (Å²) in [5.41, 5.74) is 6.09. The van der Waals surface area contributed by atoms with Gasteiger partial charge in [0.1, 0.15) is 5.75 Å². The van der Waals surface area contributed by atoms with Gasteiger partial charge in [-0.15, -0.1) is 0 Å². The van der Waals surface area contributed by atoms with Crippen molar-refractivity contribution in [3.63, 3.8) is 0 Å². The fourth-order valence-electron chi connectivity index (χ4n) is 2.46. The molecule has 0 fully saturated rings. The van der Waals surface area contributed by atoms with Gasteiger partial charge in [0.15, 0.2) is 16.7 Å². The Kier molecular flexibility index (Phi) is 6.01. The van der Waals surface area contributed by atoms with Crippen LogP contribution in [0, 0.1) is 0 Å². The number of amidine groups is 1. The van der Waals surface area contributed by atoms with Gasteiger partial charge in [0.05, 0.1) is 33.6 Å². The van der Waals surface area contributed by atoms with Gasteiger partial charge >= 0.3 is 0 Å². The first-order valence-corrected chi connectivity index (χ1v) is 9.07. The molecule has 0 radical (unpaired) electrons. The van der Waals surface area contributed by atoms with E-state index in [1.165, 1.54) is 0 Å². The Labute approximate surface area is 157 Å². The number of thioether (sulfide) groups is 1. The van der Waals surface area contributed by atoms with E-state index in [1.54, 1.807) is 33.1 Å². The highest BCUT2D eigenvalue weighted by molar-refractivity contribution is 8.14. The number of hydrogen-bond acceptors (Lipinski definition) is 6. The fraction of sp³-hybridized carbons (Fsp3) is 0.263. The zero-order chi connectivity index (χ0) is 18.4. The Morgan fingerprint density at radius 1 is 1.00 bits per heavy atom. The molecule has 0 aromatic heterocycles. The molecular weight excluding hydrogens is 350 g/mol. The number of rotatable bonds is 6. The van der Waals surface area contributed by atoms with Gasteiger partial charge < -0.3 is 14.2 Å². The van der Waals surface area contributed by atoms with Crippen LogP contribution in [0.3, 0.4) is 0 Å². The lowest BCUT2D eigenvalue weighted by molar-refractivity contribution is 0.355. The van der Waals surface area contributed by atoms with Gasteiger partial charge in [0.2, 0.25) is 0 Å². The van der Waals surface area contributed by atoms with Gasteiger partial charge in [-0.2, -0.15) is 5.10 Å². The van der Waals surface area contributed by atoms with Gasteiger partial charge in [0, 0.05) is 11.3 Å². The molecule has 1 aliphatic heterocycles. The molecular formula is C19H21N3O3S. The van der Waals surface area contributed by atoms with E-state index < -0.39 is 0 Å². The number of hydrogen-bond donors (Lipinski definition) is 1. The van der Waals surface area contributed by atoms with Crippen LogP contribution in [-0.2, 0) is 6.54 Å². The molecule has 0 amide bonds. The van der Waals surface area contributed by atoms with E-state index in [0.29, 0.717) is 18.0 Å². The maximum absolute atomic E-state index is 5.35. The molecule has 1 aliphatic rings. The number of aliphatic imine (C=N–C) groups is 1. The Morgan fingerprint density at radius 3 is 2.38 bits per heavy atom. The summed E-state index contributed by atoms with van der Waals surface area (Å²) in [4.78, 5) is 4.57. The van der Waals surface area contributed by atoms with Gasteiger partial charge in [-0.05, 0) is 35.9 Å². The molecule has 0 atom stereocenters. The molecule has 0 saturated carbocycles. The number of nitrogens with one attached hydrogen (secondary N) is 1. The average Bonchev–Trinajstić information content (AvgIpc) is 2.72. The Bertz CT molecular complexity index is 819. The zero-order valence-corrected chi connectivity index (χ0v) is 15.8. The van der Waals surface area contributed by atoms with E-state index in [1.807, 2.05) is 42.5 Å². The van der Waals surface area contributed by atoms with Crippen molar-refractivity contribution in [3.8, 4) is 17.2 Å². The third kappa shape index (κ3) is 4.29. The van der Waals surface area contributed by atoms with Crippen LogP contribution in [0.25, 0.3) is 0 Å². The summed E-state index contributed by atoms with van der Waals surface area (Å²) < 4.78 is 15.8. The van der Waals surface area contributed by atoms with E-state index in [-0.39, 0.29) is 0 Å². The lowest BCUT2D eigenvalue weighted by Crippen LogP contribution is -2.25. The first-order chi connectivity index (χ1) is 12.7. The predicted molar refractivity (Wildman–Crippen MR) is 106 cm³/mol. The topological polar surface area (TPSA) is 64.4 Å². The summed E-state index contributed by atoms with van der Waals surface area (Å²) in [6.45, 7) is 0.598. The SMILES string of the molecule is COc1ccc(CN=C2NN=C(c3ccc(OC)c(OC)c3)CS2)cc1. The Hall–Kier alpha value is -2.67. The molecule has 6 nitrogen and oxygen atoms in total. The number of benzene rings is 2. The standard InChI is InChI=1S/C19H21N3O3S/c1-23-15-7-4-13(5-8-15)11-20-19-22-21-16(12-26-19)14-6-9-17(24-2)18(10-14)25-3/h4-10H,11-12H2,1-3H3,(H,20,22). The lowest BCUT2D eigenvalue weighted by atomic mass is 10.1. The molecule has 0 aliphatic carbocycles. The fourth-order valence-corrected chi connectivity index (χ4v) is 3.23. The third-order valence-corrected chi connectivity index (χ3v) is 4.82. The number of hydrazone groups is 1. The van der Waals surface area contributed by atoms with Crippen LogP contribution in [0.4, 0.5) is 0 Å². The second-order valence-electron chi connectivity index (χ2n) is 5.50. The molecule has 0 saturated heterocycles. The van der Waals surface area contributed by atoms with Crippen LogP contribution in [0.15, 0.2) is 52.6 Å². The normalized spacial score (nSPS) is 15.2. The van der Waals surface area contributed by atoms with Crippen molar-refractivity contribution in [2.75, 3.05) is 27.1 Å². The van der Waals surface area contributed by atoms with Gasteiger partial charge in [0.25, 0.3) is 0 Å². The molecule has 7 heteroatoms. The van der Waals surface area contributed by atoms with Crippen molar-refractivity contribution >= 4 is 22.6 Å². The highest BCUT2D eigenvalue weighted by Crippen LogP contribution is 2.28. The molecule has 0 spiro atoms. The molecule has 2 aromatic carbocycles. The second-order valence-corrected chi connectivity index (χ2v) is 6.46. The molecule has 1 N–H and O–H groups in total. The van der Waals surface area contributed by atoms with E-state index >= 15 is 0 Å². The van der Waals surface area contributed by atoms with Gasteiger partial charge in [-0.25, -0.2) is 0 Å². The van der Waals surface area contributed by atoms with Gasteiger partial charge in [-0.3, -0.25) is 10.4 Å². The second kappa shape index (κ2) is 8.62. The predicted octanol–water partition coefficient (Wildman–Crippen LogP) is 3.31. The molecule has 1 heterocycles. The molecule has 0 bridgehead atoms. The smallest absolute Gasteiger partial charge is 0.177 e. The van der Waals surface area contributed by atoms with E-state index in [9.17, 15) is 0 Å². The van der Waals surface area contributed by atoms with Crippen LogP contribution in [-0.4, -0.2) is 38.0 Å². The zero-order valence-electron chi connectivity index (χ0n) is 15.0. The first-order valence-electron chi connectivity index (χ1n) is 8.08. The summed E-state index contributed by atoms with van der Waals surface area (Å²) in [5, 5.41) is 5.26. The minimum Gasteiger partial charge on any atom is -0.497 e. The minimum absolute atomic E-state index is 0.598. The molecule has 136 valence electrons. The van der Waals surface area contributed by atoms with Gasteiger partial charge in [-0.1, -0.05) is 23.9 Å². The van der Waals surface area contributed by atoms with Crippen molar-refractivity contribution in [1.29, 1.82) is 0 Å². The highest BCUT2D eigenvalue weighted by atomic mass is 32.2. The lowest BCUT2D eigenvalue weighted by Gasteiger charge is -2.16. The Balaban J connectivity index is 1.65. The van der Waals surface area contributed by atoms with Crippen molar-refractivity contribution < 1.29 is 14.2 Å². The molecule has 0 unspecified atom stereocenters. The minimum atomic E-state index is 0.598. The summed E-state index contributed by atoms with van der Waals surface area (Å²) in [6, 6.07) is 13.7. The van der Waals surface area contributed by atoms with Crippen molar-refractivity contribution in [2.24, 2.45) is 10.1 Å². The van der Waals surface area contributed by atoms with Crippen LogP contribution in [0.2, 0.25) is 0 Å². The number of methoxy groups -OCH3 is 3. The summed E-state index contributed by atoms with van der Waals surface area (Å²) in [6.07, 6.45) is 0. The summed E-state index contributed by atoms with van der Waals surface area (Å²) in [5.74, 6) is 2.98. The highest BCUT2D eigenvalue weighted by Gasteiger charge is 2.15. The summed E-state index contributed by atoms with van der Waals surface area (Å²) >= 11 is 1.63. The van der Waals surface area contributed by atoms with E-state index in [0.717, 1.165) is 33.5 Å². The van der Waals surface area contributed by atoms with E-state index in [2.05, 4.69) is 15.5 Å². The monoisotopic (exact) mass is 371 g/mol. The van der Waals surface area contributed by atoms with Crippen LogP contribution in [0.1, 0.15) is 11.1 Å². The van der Waals surface area contributed by atoms with Crippen molar-refractivity contribution in [2.45, 2.75) is 6.54 Å². The maximum atomic E-state index is 5.35. The average molecular weight is 371 g/mol. The van der Waals surface area contributed by atoms with E-state index in [4.69, 9.17) is 14.2 Å². The number of nitrogens with zero attached hydrogens (tertiary/aromatic N) is 2.